The molecule has 3 heteroatoms. The van der Waals surface area contributed by atoms with Gasteiger partial charge < -0.3 is 4.57 Å². The highest BCUT2D eigenvalue weighted by Crippen LogP contribution is 2.36. The van der Waals surface area contributed by atoms with Crippen LogP contribution >= 0.6 is 0 Å². The fourth-order valence-corrected chi connectivity index (χ4v) is 5.85. The van der Waals surface area contributed by atoms with E-state index in [1.54, 1.807) is 0 Å². The number of aromatic nitrogens is 3. The van der Waals surface area contributed by atoms with Gasteiger partial charge in [0.05, 0.1) is 22.2 Å². The van der Waals surface area contributed by atoms with E-state index in [0.717, 1.165) is 50.4 Å². The summed E-state index contributed by atoms with van der Waals surface area (Å²) in [5, 5.41) is 3.52. The molecule has 8 rings (SSSR count). The topological polar surface area (TPSA) is 30.7 Å². The van der Waals surface area contributed by atoms with Crippen molar-refractivity contribution >= 4 is 32.7 Å². The number of para-hydroxylation sites is 2. The van der Waals surface area contributed by atoms with Crippen LogP contribution < -0.4 is 0 Å². The normalized spacial score (nSPS) is 11.4. The van der Waals surface area contributed by atoms with Crippen LogP contribution in [0.3, 0.4) is 0 Å². The molecule has 0 bridgehead atoms. The average Bonchev–Trinajstić information content (AvgIpc) is 3.39. The van der Waals surface area contributed by atoms with Gasteiger partial charge in [-0.3, -0.25) is 0 Å². The molecule has 0 amide bonds. The van der Waals surface area contributed by atoms with Gasteiger partial charge in [-0.15, -0.1) is 0 Å². The molecular formula is C38H25N3. The van der Waals surface area contributed by atoms with Crippen LogP contribution in [0, 0.1) is 0 Å². The number of nitrogens with zero attached hydrogens (tertiary/aromatic N) is 3. The number of hydrogen-bond acceptors (Lipinski definition) is 2. The van der Waals surface area contributed by atoms with Gasteiger partial charge in [-0.1, -0.05) is 109 Å². The van der Waals surface area contributed by atoms with E-state index < -0.39 is 0 Å². The summed E-state index contributed by atoms with van der Waals surface area (Å²) in [5.74, 6) is 0.732. The Morgan fingerprint density at radius 3 is 1.78 bits per heavy atom. The number of benzene rings is 6. The summed E-state index contributed by atoms with van der Waals surface area (Å²) < 4.78 is 2.35. The minimum absolute atomic E-state index is 0.732. The SMILES string of the molecule is c1ccc(-c2nc(-c3ccccc3)c3ccc(-c4ccc5c(c4)c4ccccc4n5-c4ccccc4)cc3n2)cc1. The Bertz CT molecular complexity index is 2180. The van der Waals surface area contributed by atoms with Gasteiger partial charge in [0.1, 0.15) is 0 Å². The first-order valence-electron chi connectivity index (χ1n) is 13.9. The molecule has 41 heavy (non-hydrogen) atoms. The van der Waals surface area contributed by atoms with E-state index in [4.69, 9.17) is 9.97 Å². The molecule has 6 aromatic carbocycles. The summed E-state index contributed by atoms with van der Waals surface area (Å²) >= 11 is 0. The summed E-state index contributed by atoms with van der Waals surface area (Å²) in [4.78, 5) is 10.1. The van der Waals surface area contributed by atoms with E-state index in [1.165, 1.54) is 21.8 Å². The van der Waals surface area contributed by atoms with Crippen molar-refractivity contribution in [3.05, 3.63) is 152 Å². The minimum Gasteiger partial charge on any atom is -0.309 e. The van der Waals surface area contributed by atoms with Gasteiger partial charge in [0, 0.05) is 33.0 Å². The second-order valence-corrected chi connectivity index (χ2v) is 10.3. The van der Waals surface area contributed by atoms with Crippen molar-refractivity contribution in [1.29, 1.82) is 0 Å². The Morgan fingerprint density at radius 1 is 0.390 bits per heavy atom. The van der Waals surface area contributed by atoms with Crippen LogP contribution in [0.25, 0.3) is 72.2 Å². The number of fused-ring (bicyclic) bond motifs is 4. The molecule has 0 spiro atoms. The third-order valence-electron chi connectivity index (χ3n) is 7.80. The van der Waals surface area contributed by atoms with Crippen LogP contribution in [-0.2, 0) is 0 Å². The van der Waals surface area contributed by atoms with Crippen molar-refractivity contribution in [1.82, 2.24) is 14.5 Å². The fourth-order valence-electron chi connectivity index (χ4n) is 5.85. The molecule has 0 radical (unpaired) electrons. The lowest BCUT2D eigenvalue weighted by Gasteiger charge is -2.11. The largest absolute Gasteiger partial charge is 0.309 e. The van der Waals surface area contributed by atoms with Crippen molar-refractivity contribution in [2.24, 2.45) is 0 Å². The molecular weight excluding hydrogens is 498 g/mol. The molecule has 2 aromatic heterocycles. The van der Waals surface area contributed by atoms with Crippen LogP contribution in [0.1, 0.15) is 0 Å². The highest BCUT2D eigenvalue weighted by atomic mass is 15.0. The molecule has 0 atom stereocenters. The zero-order valence-corrected chi connectivity index (χ0v) is 22.3. The quantitative estimate of drug-likeness (QED) is 0.230. The Kier molecular flexibility index (Phi) is 5.46. The minimum atomic E-state index is 0.732. The molecule has 0 saturated carbocycles. The Labute approximate surface area is 238 Å². The van der Waals surface area contributed by atoms with Crippen LogP contribution in [-0.4, -0.2) is 14.5 Å². The summed E-state index contributed by atoms with van der Waals surface area (Å²) in [6.07, 6.45) is 0. The van der Waals surface area contributed by atoms with Gasteiger partial charge in [-0.05, 0) is 53.6 Å². The molecule has 0 aliphatic carbocycles. The maximum Gasteiger partial charge on any atom is 0.160 e. The van der Waals surface area contributed by atoms with Crippen LogP contribution in [0.15, 0.2) is 152 Å². The van der Waals surface area contributed by atoms with Gasteiger partial charge in [0.2, 0.25) is 0 Å². The lowest BCUT2D eigenvalue weighted by molar-refractivity contribution is 1.18. The average molecular weight is 524 g/mol. The maximum absolute atomic E-state index is 5.06. The van der Waals surface area contributed by atoms with Crippen molar-refractivity contribution < 1.29 is 0 Å². The van der Waals surface area contributed by atoms with Gasteiger partial charge >= 0.3 is 0 Å². The lowest BCUT2D eigenvalue weighted by Crippen LogP contribution is -1.95. The third-order valence-corrected chi connectivity index (χ3v) is 7.80. The van der Waals surface area contributed by atoms with E-state index in [2.05, 4.69) is 132 Å². The summed E-state index contributed by atoms with van der Waals surface area (Å²) in [5.41, 5.74) is 9.83. The number of hydrogen-bond donors (Lipinski definition) is 0. The first-order valence-corrected chi connectivity index (χ1v) is 13.9. The zero-order valence-electron chi connectivity index (χ0n) is 22.3. The third kappa shape index (κ3) is 3.98. The summed E-state index contributed by atoms with van der Waals surface area (Å²) in [6.45, 7) is 0. The molecule has 0 aliphatic heterocycles. The highest BCUT2D eigenvalue weighted by molar-refractivity contribution is 6.10. The lowest BCUT2D eigenvalue weighted by atomic mass is 9.99. The van der Waals surface area contributed by atoms with Crippen molar-refractivity contribution in [2.75, 3.05) is 0 Å². The molecule has 8 aromatic rings. The second kappa shape index (κ2) is 9.58. The van der Waals surface area contributed by atoms with Crippen molar-refractivity contribution in [3.63, 3.8) is 0 Å². The molecule has 0 aliphatic rings. The first-order chi connectivity index (χ1) is 20.3. The van der Waals surface area contributed by atoms with E-state index in [-0.39, 0.29) is 0 Å². The molecule has 192 valence electrons. The molecule has 3 nitrogen and oxygen atoms in total. The van der Waals surface area contributed by atoms with E-state index in [1.807, 2.05) is 24.3 Å². The van der Waals surface area contributed by atoms with Gasteiger partial charge in [0.25, 0.3) is 0 Å². The maximum atomic E-state index is 5.06. The number of rotatable bonds is 4. The Hall–Kier alpha value is -5.54. The zero-order chi connectivity index (χ0) is 27.2. The standard InChI is InChI=1S/C38H25N3/c1-4-12-26(13-5-1)37-32-22-20-29(25-34(32)39-38(40-37)27-14-6-2-7-15-27)28-21-23-36-33(24-28)31-18-10-11-19-35(31)41(36)30-16-8-3-9-17-30/h1-25H. The Balaban J connectivity index is 1.33. The van der Waals surface area contributed by atoms with Gasteiger partial charge in [-0.2, -0.15) is 0 Å². The van der Waals surface area contributed by atoms with Crippen molar-refractivity contribution in [3.8, 4) is 39.5 Å². The predicted octanol–water partition coefficient (Wildman–Crippen LogP) is 9.73. The Morgan fingerprint density at radius 2 is 1.00 bits per heavy atom. The molecule has 0 fully saturated rings. The second-order valence-electron chi connectivity index (χ2n) is 10.3. The smallest absolute Gasteiger partial charge is 0.160 e. The van der Waals surface area contributed by atoms with E-state index in [0.29, 0.717) is 0 Å². The summed E-state index contributed by atoms with van der Waals surface area (Å²) in [6, 6.07) is 53.1. The molecule has 2 heterocycles. The van der Waals surface area contributed by atoms with Gasteiger partial charge in [0.15, 0.2) is 5.82 Å². The molecule has 0 saturated heterocycles. The fraction of sp³-hybridized carbons (Fsp3) is 0. The molecule has 0 unspecified atom stereocenters. The summed E-state index contributed by atoms with van der Waals surface area (Å²) in [7, 11) is 0. The van der Waals surface area contributed by atoms with E-state index in [9.17, 15) is 0 Å². The van der Waals surface area contributed by atoms with Crippen LogP contribution in [0.2, 0.25) is 0 Å². The van der Waals surface area contributed by atoms with Crippen LogP contribution in [0.4, 0.5) is 0 Å². The molecule has 0 N–H and O–H groups in total. The predicted molar refractivity (Wildman–Crippen MR) is 170 cm³/mol. The van der Waals surface area contributed by atoms with Gasteiger partial charge in [-0.25, -0.2) is 9.97 Å². The van der Waals surface area contributed by atoms with Crippen LogP contribution in [0.5, 0.6) is 0 Å². The monoisotopic (exact) mass is 523 g/mol. The van der Waals surface area contributed by atoms with E-state index >= 15 is 0 Å². The highest BCUT2D eigenvalue weighted by Gasteiger charge is 2.15. The first kappa shape index (κ1) is 23.4. The van der Waals surface area contributed by atoms with Crippen molar-refractivity contribution in [2.45, 2.75) is 0 Å².